The molecule has 0 bridgehead atoms. The highest BCUT2D eigenvalue weighted by Gasteiger charge is 2.37. The van der Waals surface area contributed by atoms with Gasteiger partial charge in [0.2, 0.25) is 0 Å². The third kappa shape index (κ3) is 4.19. The maximum Gasteiger partial charge on any atom is 0.0735 e. The fraction of sp³-hybridized carbons (Fsp3) is 1.00. The molecule has 5 unspecified atom stereocenters. The maximum atomic E-state index is 6.18. The molecule has 1 saturated carbocycles. The van der Waals surface area contributed by atoms with Gasteiger partial charge in [0.1, 0.15) is 0 Å². The molecule has 1 saturated heterocycles. The Morgan fingerprint density at radius 2 is 1.74 bits per heavy atom. The standard InChI is InChI=1S/C17H33NO/c1-5-8-18-17(16-7-6-14(4)19-16)15-10-12(2)9-13(3)11-15/h12-18H,5-11H2,1-4H3. The van der Waals surface area contributed by atoms with Crippen LogP contribution in [-0.2, 0) is 4.74 Å². The van der Waals surface area contributed by atoms with Crippen molar-refractivity contribution in [3.8, 4) is 0 Å². The fourth-order valence-corrected chi connectivity index (χ4v) is 4.31. The molecule has 2 rings (SSSR count). The molecule has 2 fully saturated rings. The Labute approximate surface area is 119 Å². The lowest BCUT2D eigenvalue weighted by Gasteiger charge is -2.39. The number of hydrogen-bond donors (Lipinski definition) is 1. The molecule has 1 aliphatic heterocycles. The molecule has 2 aliphatic rings. The van der Waals surface area contributed by atoms with E-state index in [-0.39, 0.29) is 0 Å². The zero-order valence-electron chi connectivity index (χ0n) is 13.3. The van der Waals surface area contributed by atoms with E-state index in [0.717, 1.165) is 24.3 Å². The van der Waals surface area contributed by atoms with Crippen LogP contribution in [0.5, 0.6) is 0 Å². The lowest BCUT2D eigenvalue weighted by Crippen LogP contribution is -2.48. The van der Waals surface area contributed by atoms with Gasteiger partial charge < -0.3 is 10.1 Å². The molecule has 0 radical (unpaired) electrons. The van der Waals surface area contributed by atoms with Gasteiger partial charge in [-0.25, -0.2) is 0 Å². The predicted molar refractivity (Wildman–Crippen MR) is 81.3 cm³/mol. The first kappa shape index (κ1) is 15.3. The van der Waals surface area contributed by atoms with E-state index in [2.05, 4.69) is 33.0 Å². The van der Waals surface area contributed by atoms with Crippen LogP contribution in [0.15, 0.2) is 0 Å². The van der Waals surface area contributed by atoms with Crippen LogP contribution in [0.25, 0.3) is 0 Å². The van der Waals surface area contributed by atoms with Crippen LogP contribution in [0, 0.1) is 17.8 Å². The highest BCUT2D eigenvalue weighted by Crippen LogP contribution is 2.37. The van der Waals surface area contributed by atoms with E-state index in [9.17, 15) is 0 Å². The van der Waals surface area contributed by atoms with E-state index in [4.69, 9.17) is 4.74 Å². The molecule has 0 aromatic rings. The maximum absolute atomic E-state index is 6.18. The first-order valence-electron chi connectivity index (χ1n) is 8.49. The van der Waals surface area contributed by atoms with E-state index in [1.54, 1.807) is 0 Å². The van der Waals surface area contributed by atoms with E-state index in [1.807, 2.05) is 0 Å². The monoisotopic (exact) mass is 267 g/mol. The van der Waals surface area contributed by atoms with E-state index in [0.29, 0.717) is 18.2 Å². The van der Waals surface area contributed by atoms with Gasteiger partial charge in [0.15, 0.2) is 0 Å². The number of ether oxygens (including phenoxy) is 1. The highest BCUT2D eigenvalue weighted by atomic mass is 16.5. The van der Waals surface area contributed by atoms with Crippen molar-refractivity contribution in [1.29, 1.82) is 0 Å². The van der Waals surface area contributed by atoms with Crippen LogP contribution in [0.3, 0.4) is 0 Å². The molecule has 0 spiro atoms. The largest absolute Gasteiger partial charge is 0.374 e. The fourth-order valence-electron chi connectivity index (χ4n) is 4.31. The number of hydrogen-bond acceptors (Lipinski definition) is 2. The molecule has 112 valence electrons. The summed E-state index contributed by atoms with van der Waals surface area (Å²) in [5.74, 6) is 2.60. The van der Waals surface area contributed by atoms with Crippen LogP contribution in [0.1, 0.15) is 66.2 Å². The molecule has 1 aliphatic carbocycles. The van der Waals surface area contributed by atoms with Gasteiger partial charge >= 0.3 is 0 Å². The van der Waals surface area contributed by atoms with Crippen molar-refractivity contribution in [3.05, 3.63) is 0 Å². The Bertz CT molecular complexity index is 258. The van der Waals surface area contributed by atoms with Gasteiger partial charge in [-0.1, -0.05) is 20.8 Å². The Balaban J connectivity index is 1.99. The summed E-state index contributed by atoms with van der Waals surface area (Å²) < 4.78 is 6.18. The molecule has 19 heavy (non-hydrogen) atoms. The third-order valence-corrected chi connectivity index (χ3v) is 5.02. The summed E-state index contributed by atoms with van der Waals surface area (Å²) in [5, 5.41) is 3.82. The minimum Gasteiger partial charge on any atom is -0.374 e. The van der Waals surface area contributed by atoms with Crippen molar-refractivity contribution < 1.29 is 4.74 Å². The molecule has 1 heterocycles. The molecule has 0 amide bonds. The van der Waals surface area contributed by atoms with Crippen molar-refractivity contribution in [2.75, 3.05) is 6.54 Å². The highest BCUT2D eigenvalue weighted by molar-refractivity contribution is 4.91. The van der Waals surface area contributed by atoms with Crippen molar-refractivity contribution in [2.45, 2.75) is 84.5 Å². The normalized spacial score (nSPS) is 41.4. The lowest BCUT2D eigenvalue weighted by atomic mass is 9.72. The van der Waals surface area contributed by atoms with Crippen molar-refractivity contribution in [2.24, 2.45) is 17.8 Å². The summed E-state index contributed by atoms with van der Waals surface area (Å²) >= 11 is 0. The van der Waals surface area contributed by atoms with Crippen molar-refractivity contribution >= 4 is 0 Å². The molecule has 5 atom stereocenters. The van der Waals surface area contributed by atoms with E-state index in [1.165, 1.54) is 38.5 Å². The third-order valence-electron chi connectivity index (χ3n) is 5.02. The van der Waals surface area contributed by atoms with E-state index >= 15 is 0 Å². The second-order valence-electron chi connectivity index (χ2n) is 7.22. The minimum absolute atomic E-state index is 0.462. The molecule has 2 heteroatoms. The first-order chi connectivity index (χ1) is 9.10. The Kier molecular flexibility index (Phi) is 5.70. The van der Waals surface area contributed by atoms with Crippen molar-refractivity contribution in [1.82, 2.24) is 5.32 Å². The van der Waals surface area contributed by atoms with Crippen LogP contribution >= 0.6 is 0 Å². The SMILES string of the molecule is CCCNC(C1CC(C)CC(C)C1)C1CCC(C)O1. The van der Waals surface area contributed by atoms with Gasteiger partial charge in [-0.15, -0.1) is 0 Å². The summed E-state index contributed by atoms with van der Waals surface area (Å²) in [5.41, 5.74) is 0. The molecular weight excluding hydrogens is 234 g/mol. The molecular formula is C17H33NO. The summed E-state index contributed by atoms with van der Waals surface area (Å²) in [6.07, 6.45) is 8.84. The lowest BCUT2D eigenvalue weighted by molar-refractivity contribution is 0.00487. The second-order valence-corrected chi connectivity index (χ2v) is 7.22. The number of nitrogens with one attached hydrogen (secondary N) is 1. The van der Waals surface area contributed by atoms with Gasteiger partial charge in [-0.2, -0.15) is 0 Å². The molecule has 0 aromatic carbocycles. The molecule has 0 aromatic heterocycles. The average molecular weight is 267 g/mol. The number of rotatable bonds is 5. The first-order valence-corrected chi connectivity index (χ1v) is 8.49. The van der Waals surface area contributed by atoms with Crippen LogP contribution in [-0.4, -0.2) is 24.8 Å². The van der Waals surface area contributed by atoms with Gasteiger partial charge in [0, 0.05) is 6.04 Å². The smallest absolute Gasteiger partial charge is 0.0735 e. The summed E-state index contributed by atoms with van der Waals surface area (Å²) in [4.78, 5) is 0. The Morgan fingerprint density at radius 1 is 1.05 bits per heavy atom. The van der Waals surface area contributed by atoms with E-state index < -0.39 is 0 Å². The Morgan fingerprint density at radius 3 is 2.26 bits per heavy atom. The quantitative estimate of drug-likeness (QED) is 0.813. The Hall–Kier alpha value is -0.0800. The van der Waals surface area contributed by atoms with Gasteiger partial charge in [-0.3, -0.25) is 0 Å². The zero-order valence-corrected chi connectivity index (χ0v) is 13.3. The second kappa shape index (κ2) is 7.08. The van der Waals surface area contributed by atoms with Crippen LogP contribution in [0.4, 0.5) is 0 Å². The zero-order chi connectivity index (χ0) is 13.8. The summed E-state index contributed by atoms with van der Waals surface area (Å²) in [7, 11) is 0. The predicted octanol–water partition coefficient (Wildman–Crippen LogP) is 3.99. The minimum atomic E-state index is 0.462. The topological polar surface area (TPSA) is 21.3 Å². The average Bonchev–Trinajstić information content (AvgIpc) is 2.75. The summed E-state index contributed by atoms with van der Waals surface area (Å²) in [6, 6.07) is 0.593. The van der Waals surface area contributed by atoms with Crippen LogP contribution in [0.2, 0.25) is 0 Å². The molecule has 2 nitrogen and oxygen atoms in total. The van der Waals surface area contributed by atoms with Crippen molar-refractivity contribution in [3.63, 3.8) is 0 Å². The molecule has 1 N–H and O–H groups in total. The summed E-state index contributed by atoms with van der Waals surface area (Å²) in [6.45, 7) is 10.5. The van der Waals surface area contributed by atoms with Gasteiger partial charge in [0.25, 0.3) is 0 Å². The van der Waals surface area contributed by atoms with Gasteiger partial charge in [0.05, 0.1) is 12.2 Å². The van der Waals surface area contributed by atoms with Gasteiger partial charge in [-0.05, 0) is 69.7 Å². The van der Waals surface area contributed by atoms with Crippen LogP contribution < -0.4 is 5.32 Å².